The minimum Gasteiger partial charge on any atom is -0.377 e. The van der Waals surface area contributed by atoms with Crippen LogP contribution in [-0.4, -0.2) is 20.0 Å². The van der Waals surface area contributed by atoms with Gasteiger partial charge < -0.3 is 4.18 Å². The van der Waals surface area contributed by atoms with Gasteiger partial charge in [-0.25, -0.2) is 0 Å². The molecule has 1 heterocycles. The molecule has 0 fully saturated rings. The van der Waals surface area contributed by atoms with Crippen molar-refractivity contribution in [3.63, 3.8) is 0 Å². The second kappa shape index (κ2) is 10.2. The summed E-state index contributed by atoms with van der Waals surface area (Å²) in [6, 6.07) is 28.7. The molecule has 184 valence electrons. The van der Waals surface area contributed by atoms with Crippen molar-refractivity contribution in [3.05, 3.63) is 130 Å². The number of hydrogen-bond donors (Lipinski definition) is 0. The Bertz CT molecular complexity index is 1640. The summed E-state index contributed by atoms with van der Waals surface area (Å²) >= 11 is 12.2. The van der Waals surface area contributed by atoms with Gasteiger partial charge in [0.1, 0.15) is 10.6 Å². The van der Waals surface area contributed by atoms with Gasteiger partial charge in [-0.1, -0.05) is 77.8 Å². The topological polar surface area (TPSA) is 76.0 Å². The van der Waals surface area contributed by atoms with Crippen LogP contribution in [0.4, 0.5) is 5.69 Å². The van der Waals surface area contributed by atoms with Gasteiger partial charge in [-0.15, -0.1) is 0 Å². The summed E-state index contributed by atoms with van der Waals surface area (Å²) in [4.78, 5) is 13.4. The quantitative estimate of drug-likeness (QED) is 0.201. The van der Waals surface area contributed by atoms with E-state index >= 15 is 0 Å². The van der Waals surface area contributed by atoms with Crippen LogP contribution in [0.2, 0.25) is 10.0 Å². The summed E-state index contributed by atoms with van der Waals surface area (Å²) in [5.41, 5.74) is 2.87. The van der Waals surface area contributed by atoms with Gasteiger partial charge in [-0.2, -0.15) is 18.5 Å². The minimum absolute atomic E-state index is 0.0422. The van der Waals surface area contributed by atoms with E-state index in [0.717, 1.165) is 5.56 Å². The van der Waals surface area contributed by atoms with Crippen molar-refractivity contribution in [2.45, 2.75) is 4.90 Å². The van der Waals surface area contributed by atoms with Gasteiger partial charge in [-0.3, -0.25) is 4.79 Å². The number of benzene rings is 4. The molecule has 0 unspecified atom stereocenters. The number of hydrogen-bond acceptors (Lipinski definition) is 5. The molecule has 9 heteroatoms. The Morgan fingerprint density at radius 2 is 1.46 bits per heavy atom. The van der Waals surface area contributed by atoms with E-state index in [1.165, 1.54) is 41.4 Å². The third-order valence-corrected chi connectivity index (χ3v) is 7.29. The first kappa shape index (κ1) is 24.8. The van der Waals surface area contributed by atoms with Crippen molar-refractivity contribution < 1.29 is 17.4 Å². The molecule has 4 aromatic rings. The van der Waals surface area contributed by atoms with Crippen LogP contribution >= 0.6 is 23.2 Å². The zero-order valence-corrected chi connectivity index (χ0v) is 21.4. The first-order chi connectivity index (χ1) is 17.8. The summed E-state index contributed by atoms with van der Waals surface area (Å²) in [5, 5.41) is 6.42. The molecule has 0 spiro atoms. The summed E-state index contributed by atoms with van der Waals surface area (Å²) < 4.78 is 30.5. The molecule has 1 aliphatic rings. The average molecular weight is 549 g/mol. The highest BCUT2D eigenvalue weighted by atomic mass is 35.5. The van der Waals surface area contributed by atoms with Crippen LogP contribution in [-0.2, 0) is 14.9 Å². The highest BCUT2D eigenvalue weighted by Gasteiger charge is 2.32. The Balaban J connectivity index is 1.48. The van der Waals surface area contributed by atoms with Gasteiger partial charge >= 0.3 is 10.1 Å². The van der Waals surface area contributed by atoms with E-state index in [0.29, 0.717) is 27.6 Å². The summed E-state index contributed by atoms with van der Waals surface area (Å²) in [6.07, 6.45) is 1.67. The zero-order valence-electron chi connectivity index (χ0n) is 19.1. The number of para-hydroxylation sites is 1. The molecule has 0 atom stereocenters. The number of halogens is 2. The Labute approximate surface area is 224 Å². The molecule has 0 saturated heterocycles. The number of nitrogens with zero attached hydrogens (tertiary/aromatic N) is 2. The molecule has 0 radical (unpaired) electrons. The van der Waals surface area contributed by atoms with Gasteiger partial charge in [0.05, 0.1) is 16.3 Å². The lowest BCUT2D eigenvalue weighted by Gasteiger charge is -2.11. The summed E-state index contributed by atoms with van der Waals surface area (Å²) in [7, 11) is -4.12. The largest absolute Gasteiger partial charge is 0.377 e. The third-order valence-electron chi connectivity index (χ3n) is 5.49. The van der Waals surface area contributed by atoms with Crippen LogP contribution in [0.15, 0.2) is 119 Å². The van der Waals surface area contributed by atoms with E-state index in [2.05, 4.69) is 5.10 Å². The molecule has 1 aliphatic heterocycles. The Kier molecular flexibility index (Phi) is 6.84. The van der Waals surface area contributed by atoms with Crippen LogP contribution < -0.4 is 9.19 Å². The first-order valence-corrected chi connectivity index (χ1v) is 13.2. The lowest BCUT2D eigenvalue weighted by atomic mass is 10.0. The minimum atomic E-state index is -4.12. The smallest absolute Gasteiger partial charge is 0.339 e. The second-order valence-corrected chi connectivity index (χ2v) is 10.4. The van der Waals surface area contributed by atoms with E-state index in [1.54, 1.807) is 24.3 Å². The molecular weight excluding hydrogens is 531 g/mol. The summed E-state index contributed by atoms with van der Waals surface area (Å²) in [6.45, 7) is 0. The molecule has 0 N–H and O–H groups in total. The summed E-state index contributed by atoms with van der Waals surface area (Å²) in [5.74, 6) is -0.341. The van der Waals surface area contributed by atoms with Crippen LogP contribution in [0.3, 0.4) is 0 Å². The predicted molar refractivity (Wildman–Crippen MR) is 146 cm³/mol. The standard InChI is InChI=1S/C28H18Cl2N2O4S/c29-21-12-14-23(15-13-21)37(34,35)36-26-16-11-19(18-25(26)30)17-24-27(20-7-3-1-4-8-20)31-32(28(24)33)22-9-5-2-6-10-22/h1-18H/b24-17-. The fourth-order valence-corrected chi connectivity index (χ4v) is 5.05. The predicted octanol–water partition coefficient (Wildman–Crippen LogP) is 6.60. The van der Waals surface area contributed by atoms with E-state index in [1.807, 2.05) is 48.5 Å². The molecular formula is C28H18Cl2N2O4S. The van der Waals surface area contributed by atoms with Crippen LogP contribution in [0.1, 0.15) is 11.1 Å². The highest BCUT2D eigenvalue weighted by Crippen LogP contribution is 2.32. The maximum atomic E-state index is 13.4. The van der Waals surface area contributed by atoms with Gasteiger partial charge in [-0.05, 0) is 60.2 Å². The Morgan fingerprint density at radius 3 is 2.11 bits per heavy atom. The van der Waals surface area contributed by atoms with Crippen molar-refractivity contribution in [1.29, 1.82) is 0 Å². The van der Waals surface area contributed by atoms with Gasteiger partial charge in [0.25, 0.3) is 5.91 Å². The Morgan fingerprint density at radius 1 is 0.811 bits per heavy atom. The molecule has 0 aliphatic carbocycles. The number of amides is 1. The van der Waals surface area contributed by atoms with Gasteiger partial charge in [0.2, 0.25) is 0 Å². The number of hydrazone groups is 1. The number of anilines is 1. The molecule has 0 aromatic heterocycles. The number of rotatable bonds is 6. The van der Waals surface area contributed by atoms with Crippen LogP contribution in [0.25, 0.3) is 6.08 Å². The van der Waals surface area contributed by atoms with E-state index in [9.17, 15) is 13.2 Å². The molecule has 1 amide bonds. The van der Waals surface area contributed by atoms with Crippen molar-refractivity contribution in [2.75, 3.05) is 5.01 Å². The maximum Gasteiger partial charge on any atom is 0.339 e. The maximum absolute atomic E-state index is 13.4. The second-order valence-electron chi connectivity index (χ2n) is 8.01. The normalized spacial score (nSPS) is 14.6. The van der Waals surface area contributed by atoms with Crippen molar-refractivity contribution >= 4 is 56.7 Å². The number of carbonyl (C=O) groups excluding carboxylic acids is 1. The molecule has 37 heavy (non-hydrogen) atoms. The SMILES string of the molecule is O=C1/C(=C\c2ccc(OS(=O)(=O)c3ccc(Cl)cc3)c(Cl)c2)C(c2ccccc2)=NN1c1ccccc1. The lowest BCUT2D eigenvalue weighted by Crippen LogP contribution is -2.21. The van der Waals surface area contributed by atoms with Crippen LogP contribution in [0.5, 0.6) is 5.75 Å². The highest BCUT2D eigenvalue weighted by molar-refractivity contribution is 7.87. The van der Waals surface area contributed by atoms with Crippen LogP contribution in [0, 0.1) is 0 Å². The van der Waals surface area contributed by atoms with Crippen molar-refractivity contribution in [1.82, 2.24) is 0 Å². The molecule has 0 saturated carbocycles. The molecule has 4 aromatic carbocycles. The fourth-order valence-electron chi connectivity index (χ4n) is 3.71. The van der Waals surface area contributed by atoms with Crippen molar-refractivity contribution in [3.8, 4) is 5.75 Å². The average Bonchev–Trinajstić information content (AvgIpc) is 3.22. The van der Waals surface area contributed by atoms with Crippen molar-refractivity contribution in [2.24, 2.45) is 5.10 Å². The van der Waals surface area contributed by atoms with E-state index in [4.69, 9.17) is 27.4 Å². The lowest BCUT2D eigenvalue weighted by molar-refractivity contribution is -0.114. The zero-order chi connectivity index (χ0) is 26.0. The van der Waals surface area contributed by atoms with Gasteiger partial charge in [0, 0.05) is 10.6 Å². The third kappa shape index (κ3) is 5.29. The Hall–Kier alpha value is -3.91. The van der Waals surface area contributed by atoms with E-state index in [-0.39, 0.29) is 21.6 Å². The molecule has 5 rings (SSSR count). The fraction of sp³-hybridized carbons (Fsp3) is 0. The number of carbonyl (C=O) groups is 1. The first-order valence-electron chi connectivity index (χ1n) is 11.1. The monoisotopic (exact) mass is 548 g/mol. The molecule has 0 bridgehead atoms. The van der Waals surface area contributed by atoms with Gasteiger partial charge in [0.15, 0.2) is 5.75 Å². The molecule has 6 nitrogen and oxygen atoms in total. The van der Waals surface area contributed by atoms with E-state index < -0.39 is 10.1 Å².